The smallest absolute Gasteiger partial charge is 0.426 e. The monoisotopic (exact) mass is 327 g/mol. The summed E-state index contributed by atoms with van der Waals surface area (Å²) < 4.78 is 63.2. The number of nitrogens with zero attached hydrogens (tertiary/aromatic N) is 1. The number of hydrogen-bond acceptors (Lipinski definition) is 4. The van der Waals surface area contributed by atoms with E-state index in [1.54, 1.807) is 0 Å². The van der Waals surface area contributed by atoms with Crippen LogP contribution in [0.1, 0.15) is 4.88 Å². The van der Waals surface area contributed by atoms with E-state index < -0.39 is 38.0 Å². The van der Waals surface area contributed by atoms with Crippen molar-refractivity contribution >= 4 is 27.3 Å². The second-order valence-corrected chi connectivity index (χ2v) is 6.67. The Bertz CT molecular complexity index is 662. The second-order valence-electron chi connectivity index (χ2n) is 3.90. The van der Waals surface area contributed by atoms with E-state index >= 15 is 0 Å². The SMILES string of the molecule is O=C(O)C1C=CCN1S(=O)(=O)c1ccsc1C(F)(F)F. The lowest BCUT2D eigenvalue weighted by atomic mass is 10.3. The van der Waals surface area contributed by atoms with Gasteiger partial charge in [0.05, 0.1) is 0 Å². The summed E-state index contributed by atoms with van der Waals surface area (Å²) in [6.45, 7) is -0.271. The van der Waals surface area contributed by atoms with Crippen LogP contribution in [-0.2, 0) is 21.0 Å². The van der Waals surface area contributed by atoms with Crippen LogP contribution in [-0.4, -0.2) is 36.4 Å². The molecular weight excluding hydrogens is 319 g/mol. The first-order valence-corrected chi connectivity index (χ1v) is 7.53. The maximum Gasteiger partial charge on any atom is 0.426 e. The average molecular weight is 327 g/mol. The van der Waals surface area contributed by atoms with Gasteiger partial charge in [0, 0.05) is 6.54 Å². The molecule has 1 aliphatic rings. The topological polar surface area (TPSA) is 74.7 Å². The number of thiophene rings is 1. The Morgan fingerprint density at radius 3 is 2.65 bits per heavy atom. The lowest BCUT2D eigenvalue weighted by Crippen LogP contribution is -2.41. The third-order valence-corrected chi connectivity index (χ3v) is 5.62. The molecule has 2 rings (SSSR count). The zero-order valence-electron chi connectivity index (χ0n) is 9.66. The van der Waals surface area contributed by atoms with Crippen LogP contribution in [0.3, 0.4) is 0 Å². The molecule has 1 aromatic rings. The minimum Gasteiger partial charge on any atom is -0.480 e. The van der Waals surface area contributed by atoms with Gasteiger partial charge < -0.3 is 5.11 Å². The molecule has 1 N–H and O–H groups in total. The van der Waals surface area contributed by atoms with Crippen molar-refractivity contribution in [2.75, 3.05) is 6.54 Å². The molecule has 0 amide bonds. The van der Waals surface area contributed by atoms with Gasteiger partial charge in [0.25, 0.3) is 0 Å². The fraction of sp³-hybridized carbons (Fsp3) is 0.300. The molecule has 0 radical (unpaired) electrons. The molecule has 2 heterocycles. The standard InChI is InChI=1S/C10H8F3NO4S2/c11-10(12,13)8-7(3-5-19-8)20(17,18)14-4-1-2-6(14)9(15)16/h1-3,5-6H,4H2,(H,15,16). The fourth-order valence-corrected chi connectivity index (χ4v) is 4.58. The van der Waals surface area contributed by atoms with E-state index in [-0.39, 0.29) is 17.9 Å². The first kappa shape index (κ1) is 15.0. The molecular formula is C10H8F3NO4S2. The van der Waals surface area contributed by atoms with Crippen LogP contribution in [0.15, 0.2) is 28.5 Å². The summed E-state index contributed by atoms with van der Waals surface area (Å²) in [6.07, 6.45) is -2.39. The van der Waals surface area contributed by atoms with E-state index in [2.05, 4.69) is 0 Å². The Hall–Kier alpha value is -1.39. The molecule has 20 heavy (non-hydrogen) atoms. The van der Waals surface area contributed by atoms with Gasteiger partial charge in [-0.3, -0.25) is 4.79 Å². The summed E-state index contributed by atoms with van der Waals surface area (Å²) in [5.74, 6) is -1.44. The maximum absolute atomic E-state index is 12.8. The van der Waals surface area contributed by atoms with E-state index in [0.717, 1.165) is 17.5 Å². The Morgan fingerprint density at radius 1 is 1.45 bits per heavy atom. The van der Waals surface area contributed by atoms with Crippen molar-refractivity contribution in [1.29, 1.82) is 0 Å². The molecule has 5 nitrogen and oxygen atoms in total. The van der Waals surface area contributed by atoms with Gasteiger partial charge in [0.1, 0.15) is 15.8 Å². The molecule has 0 spiro atoms. The van der Waals surface area contributed by atoms with Crippen molar-refractivity contribution in [2.24, 2.45) is 0 Å². The van der Waals surface area contributed by atoms with Crippen molar-refractivity contribution < 1.29 is 31.5 Å². The van der Waals surface area contributed by atoms with Gasteiger partial charge in [0.15, 0.2) is 0 Å². The van der Waals surface area contributed by atoms with Crippen LogP contribution in [0, 0.1) is 0 Å². The van der Waals surface area contributed by atoms with E-state index in [1.165, 1.54) is 6.08 Å². The third-order valence-electron chi connectivity index (χ3n) is 2.64. The lowest BCUT2D eigenvalue weighted by molar-refractivity contribution is -0.139. The lowest BCUT2D eigenvalue weighted by Gasteiger charge is -2.21. The first-order valence-electron chi connectivity index (χ1n) is 5.21. The number of hydrogen-bond donors (Lipinski definition) is 1. The highest BCUT2D eigenvalue weighted by Gasteiger charge is 2.43. The van der Waals surface area contributed by atoms with Gasteiger partial charge in [-0.1, -0.05) is 12.2 Å². The maximum atomic E-state index is 12.8. The highest BCUT2D eigenvalue weighted by atomic mass is 32.2. The largest absolute Gasteiger partial charge is 0.480 e. The number of carboxylic acid groups (broad SMARTS) is 1. The molecule has 0 aliphatic carbocycles. The van der Waals surface area contributed by atoms with E-state index in [0.29, 0.717) is 4.31 Å². The molecule has 0 aromatic carbocycles. The molecule has 0 bridgehead atoms. The predicted molar refractivity (Wildman–Crippen MR) is 63.8 cm³/mol. The van der Waals surface area contributed by atoms with Crippen molar-refractivity contribution in [2.45, 2.75) is 17.1 Å². The third kappa shape index (κ3) is 2.45. The minimum atomic E-state index is -4.80. The number of aliphatic carboxylic acids is 1. The predicted octanol–water partition coefficient (Wildman–Crippen LogP) is 1.78. The summed E-state index contributed by atoms with van der Waals surface area (Å²) in [5, 5.41) is 9.91. The molecule has 0 fully saturated rings. The van der Waals surface area contributed by atoms with Crippen LogP contribution in [0.5, 0.6) is 0 Å². The molecule has 10 heteroatoms. The van der Waals surface area contributed by atoms with Gasteiger partial charge in [0.2, 0.25) is 10.0 Å². The summed E-state index contributed by atoms with van der Waals surface area (Å²) in [6, 6.07) is -0.652. The van der Waals surface area contributed by atoms with Crippen LogP contribution in [0.4, 0.5) is 13.2 Å². The van der Waals surface area contributed by atoms with Gasteiger partial charge in [-0.05, 0) is 11.4 Å². The summed E-state index contributed by atoms with van der Waals surface area (Å²) in [4.78, 5) is 8.77. The molecule has 1 unspecified atom stereocenters. The molecule has 110 valence electrons. The Labute approximate surface area is 116 Å². The number of halogens is 3. The zero-order valence-corrected chi connectivity index (χ0v) is 11.3. The van der Waals surface area contributed by atoms with Crippen LogP contribution >= 0.6 is 11.3 Å². The van der Waals surface area contributed by atoms with Gasteiger partial charge >= 0.3 is 12.1 Å². The van der Waals surface area contributed by atoms with E-state index in [9.17, 15) is 26.4 Å². The first-order chi connectivity index (χ1) is 9.15. The Kier molecular flexibility index (Phi) is 3.65. The second kappa shape index (κ2) is 4.86. The van der Waals surface area contributed by atoms with Crippen molar-refractivity contribution in [3.8, 4) is 0 Å². The normalized spacial score (nSPS) is 20.4. The number of sulfonamides is 1. The van der Waals surface area contributed by atoms with E-state index in [4.69, 9.17) is 5.11 Å². The van der Waals surface area contributed by atoms with Gasteiger partial charge in [-0.15, -0.1) is 11.3 Å². The van der Waals surface area contributed by atoms with Gasteiger partial charge in [-0.25, -0.2) is 8.42 Å². The number of carbonyl (C=O) groups is 1. The van der Waals surface area contributed by atoms with Crippen molar-refractivity contribution in [3.05, 3.63) is 28.5 Å². The van der Waals surface area contributed by atoms with Crippen molar-refractivity contribution in [1.82, 2.24) is 4.31 Å². The fourth-order valence-electron chi connectivity index (χ4n) is 1.79. The molecule has 0 saturated carbocycles. The number of alkyl halides is 3. The minimum absolute atomic E-state index is 0.253. The molecule has 1 aromatic heterocycles. The number of carboxylic acids is 1. The van der Waals surface area contributed by atoms with Crippen LogP contribution < -0.4 is 0 Å². The van der Waals surface area contributed by atoms with Gasteiger partial charge in [-0.2, -0.15) is 17.5 Å². The molecule has 1 aliphatic heterocycles. The Balaban J connectivity index is 2.47. The van der Waals surface area contributed by atoms with E-state index in [1.807, 2.05) is 0 Å². The summed E-state index contributed by atoms with van der Waals surface area (Å²) >= 11 is 0.253. The van der Waals surface area contributed by atoms with Crippen LogP contribution in [0.2, 0.25) is 0 Å². The highest BCUT2D eigenvalue weighted by Crippen LogP contribution is 2.39. The highest BCUT2D eigenvalue weighted by molar-refractivity contribution is 7.89. The summed E-state index contributed by atoms with van der Waals surface area (Å²) in [7, 11) is -4.52. The average Bonchev–Trinajstić information content (AvgIpc) is 2.97. The summed E-state index contributed by atoms with van der Waals surface area (Å²) in [5.41, 5.74) is 0. The zero-order chi connectivity index (χ0) is 15.1. The number of rotatable bonds is 3. The Morgan fingerprint density at radius 2 is 2.10 bits per heavy atom. The van der Waals surface area contributed by atoms with Crippen LogP contribution in [0.25, 0.3) is 0 Å². The quantitative estimate of drug-likeness (QED) is 0.859. The van der Waals surface area contributed by atoms with Crippen molar-refractivity contribution in [3.63, 3.8) is 0 Å². The molecule has 0 saturated heterocycles. The molecule has 1 atom stereocenters.